The van der Waals surface area contributed by atoms with Crippen LogP contribution >= 0.6 is 23.2 Å². The summed E-state index contributed by atoms with van der Waals surface area (Å²) in [5, 5.41) is 1.76. The molecule has 200 valence electrons. The van der Waals surface area contributed by atoms with Crippen LogP contribution in [0.5, 0.6) is 0 Å². The molecule has 0 saturated heterocycles. The first-order valence-electron chi connectivity index (χ1n) is 15.3. The molecule has 2 heterocycles. The van der Waals surface area contributed by atoms with E-state index in [4.69, 9.17) is 33.2 Å². The van der Waals surface area contributed by atoms with E-state index in [9.17, 15) is 0 Å². The van der Waals surface area contributed by atoms with Gasteiger partial charge in [0.25, 0.3) is 0 Å². The third-order valence-corrected chi connectivity index (χ3v) is 12.3. The van der Waals surface area contributed by atoms with Gasteiger partial charge in [-0.2, -0.15) is 0 Å². The predicted octanol–water partition coefficient (Wildman–Crippen LogP) is 10.0. The summed E-state index contributed by atoms with van der Waals surface area (Å²) in [6.07, 6.45) is 17.1. The Bertz CT molecular complexity index is 1350. The number of halogens is 2. The third-order valence-electron chi connectivity index (χ3n) is 11.5. The first-order chi connectivity index (χ1) is 19.1. The minimum absolute atomic E-state index is 0.528. The van der Waals surface area contributed by atoms with Crippen molar-refractivity contribution >= 4 is 40.3 Å². The van der Waals surface area contributed by atoms with E-state index in [0.717, 1.165) is 50.8 Å². The van der Waals surface area contributed by atoms with Crippen molar-refractivity contribution in [1.82, 2.24) is 9.97 Å². The average Bonchev–Trinajstić information content (AvgIpc) is 3.22. The fraction of sp³-hybridized carbons (Fsp3) is 0.529. The highest BCUT2D eigenvalue weighted by atomic mass is 35.5. The zero-order valence-corrected chi connectivity index (χ0v) is 23.8. The van der Waals surface area contributed by atoms with Crippen LogP contribution < -0.4 is 4.90 Å². The van der Waals surface area contributed by atoms with Gasteiger partial charge < -0.3 is 4.90 Å². The summed E-state index contributed by atoms with van der Waals surface area (Å²) in [5.74, 6) is 5.52. The van der Waals surface area contributed by atoms with Crippen molar-refractivity contribution in [3.8, 4) is 0 Å². The maximum atomic E-state index is 7.51. The summed E-state index contributed by atoms with van der Waals surface area (Å²) in [7, 11) is 0. The zero-order chi connectivity index (χ0) is 25.8. The number of aromatic nitrogens is 2. The van der Waals surface area contributed by atoms with E-state index in [2.05, 4.69) is 35.2 Å². The highest BCUT2D eigenvalue weighted by Gasteiger charge is 2.46. The Hall–Kier alpha value is -2.10. The average molecular weight is 557 g/mol. The van der Waals surface area contributed by atoms with Gasteiger partial charge in [-0.25, -0.2) is 0 Å². The molecule has 3 aromatic rings. The summed E-state index contributed by atoms with van der Waals surface area (Å²) in [5.41, 5.74) is 8.19. The molecule has 0 spiro atoms. The van der Waals surface area contributed by atoms with Gasteiger partial charge in [-0.15, -0.1) is 0 Å². The number of para-hydroxylation sites is 1. The van der Waals surface area contributed by atoms with Crippen LogP contribution in [0, 0.1) is 23.7 Å². The summed E-state index contributed by atoms with van der Waals surface area (Å²) in [6, 6.07) is 10.6. The highest BCUT2D eigenvalue weighted by molar-refractivity contribution is 6.36. The van der Waals surface area contributed by atoms with Crippen molar-refractivity contribution in [3.05, 3.63) is 75.3 Å². The van der Waals surface area contributed by atoms with Crippen LogP contribution in [0.15, 0.2) is 42.7 Å². The van der Waals surface area contributed by atoms with Crippen LogP contribution in [0.1, 0.15) is 110 Å². The zero-order valence-electron chi connectivity index (χ0n) is 22.3. The summed E-state index contributed by atoms with van der Waals surface area (Å²) in [4.78, 5) is 12.7. The third kappa shape index (κ3) is 3.54. The predicted molar refractivity (Wildman–Crippen MR) is 158 cm³/mol. The number of hydrogen-bond acceptors (Lipinski definition) is 3. The first-order valence-corrected chi connectivity index (χ1v) is 16.1. The Balaban J connectivity index is 1.23. The molecule has 0 aliphatic heterocycles. The molecule has 4 saturated carbocycles. The molecule has 2 aromatic heterocycles. The van der Waals surface area contributed by atoms with E-state index >= 15 is 0 Å². The van der Waals surface area contributed by atoms with Crippen LogP contribution in [0.3, 0.4) is 0 Å². The van der Waals surface area contributed by atoms with E-state index in [1.54, 1.807) is 0 Å². The molecule has 8 aliphatic rings. The van der Waals surface area contributed by atoms with Crippen molar-refractivity contribution in [1.29, 1.82) is 0 Å². The monoisotopic (exact) mass is 555 g/mol. The Morgan fingerprint density at radius 2 is 0.949 bits per heavy atom. The molecule has 1 aromatic carbocycles. The molecule has 11 rings (SSSR count). The SMILES string of the molecule is Clc1c(N(c2ccccc2)c2cnc3c(c2Cl)C2CC4CC(CC3C4)C2)cnc2c1C1CC3CC(CC2C3)C1. The molecule has 5 heteroatoms. The van der Waals surface area contributed by atoms with Gasteiger partial charge in [0.15, 0.2) is 0 Å². The Labute approximate surface area is 241 Å². The van der Waals surface area contributed by atoms with Crippen molar-refractivity contribution in [2.24, 2.45) is 23.7 Å². The largest absolute Gasteiger partial charge is 0.305 e. The normalized spacial score (nSPS) is 34.9. The molecule has 4 fully saturated rings. The molecule has 8 bridgehead atoms. The van der Waals surface area contributed by atoms with Crippen LogP contribution in [-0.4, -0.2) is 9.97 Å². The molecular weight excluding hydrogens is 521 g/mol. The van der Waals surface area contributed by atoms with Crippen molar-refractivity contribution in [3.63, 3.8) is 0 Å². The molecule has 4 unspecified atom stereocenters. The summed E-state index contributed by atoms with van der Waals surface area (Å²) >= 11 is 15.0. The van der Waals surface area contributed by atoms with Crippen LogP contribution in [-0.2, 0) is 0 Å². The number of anilines is 3. The number of pyridine rings is 2. The maximum absolute atomic E-state index is 7.51. The van der Waals surface area contributed by atoms with Gasteiger partial charge in [-0.1, -0.05) is 41.4 Å². The number of nitrogens with zero attached hydrogens (tertiary/aromatic N) is 3. The highest BCUT2D eigenvalue weighted by Crippen LogP contribution is 2.60. The lowest BCUT2D eigenvalue weighted by atomic mass is 9.67. The Morgan fingerprint density at radius 1 is 0.538 bits per heavy atom. The second-order valence-electron chi connectivity index (χ2n) is 13.8. The van der Waals surface area contributed by atoms with Gasteiger partial charge in [0.1, 0.15) is 0 Å². The number of hydrogen-bond donors (Lipinski definition) is 0. The molecule has 8 aliphatic carbocycles. The minimum atomic E-state index is 0.528. The van der Waals surface area contributed by atoms with E-state index in [-0.39, 0.29) is 0 Å². The van der Waals surface area contributed by atoms with Gasteiger partial charge in [-0.05, 0) is 123 Å². The van der Waals surface area contributed by atoms with Gasteiger partial charge >= 0.3 is 0 Å². The maximum Gasteiger partial charge on any atom is 0.0836 e. The quantitative estimate of drug-likeness (QED) is 0.321. The van der Waals surface area contributed by atoms with Gasteiger partial charge in [0, 0.05) is 28.9 Å². The first kappa shape index (κ1) is 23.6. The number of rotatable bonds is 3. The summed E-state index contributed by atoms with van der Waals surface area (Å²) < 4.78 is 0. The van der Waals surface area contributed by atoms with Gasteiger partial charge in [-0.3, -0.25) is 9.97 Å². The van der Waals surface area contributed by atoms with Gasteiger partial charge in [0.05, 0.1) is 33.8 Å². The van der Waals surface area contributed by atoms with Crippen LogP contribution in [0.4, 0.5) is 17.1 Å². The Morgan fingerprint density at radius 3 is 1.38 bits per heavy atom. The van der Waals surface area contributed by atoms with E-state index in [1.165, 1.54) is 86.7 Å². The molecule has 0 amide bonds. The fourth-order valence-electron chi connectivity index (χ4n) is 10.4. The van der Waals surface area contributed by atoms with Gasteiger partial charge in [0.2, 0.25) is 0 Å². The lowest BCUT2D eigenvalue weighted by molar-refractivity contribution is 0.165. The standard InChI is InChI=1S/C34H35Cl2N3/c35-31-27(16-37-33-24-12-18-6-19(13-24)9-22(8-18)29(31)33)39(26-4-2-1-3-5-26)28-17-38-34-25-14-20-7-21(15-25)11-23(10-20)30(34)32(28)36/h1-5,16-25H,6-15H2. The Kier molecular flexibility index (Phi) is 5.26. The summed E-state index contributed by atoms with van der Waals surface area (Å²) in [6.45, 7) is 0. The molecule has 4 atom stereocenters. The van der Waals surface area contributed by atoms with Crippen molar-refractivity contribution in [2.75, 3.05) is 4.90 Å². The minimum Gasteiger partial charge on any atom is -0.305 e. The van der Waals surface area contributed by atoms with E-state index < -0.39 is 0 Å². The van der Waals surface area contributed by atoms with E-state index in [0.29, 0.717) is 23.7 Å². The fourth-order valence-corrected chi connectivity index (χ4v) is 11.1. The van der Waals surface area contributed by atoms with E-state index in [1.807, 2.05) is 12.4 Å². The lowest BCUT2D eigenvalue weighted by Gasteiger charge is -2.38. The number of benzene rings is 1. The molecule has 3 nitrogen and oxygen atoms in total. The van der Waals surface area contributed by atoms with Crippen molar-refractivity contribution < 1.29 is 0 Å². The van der Waals surface area contributed by atoms with Crippen molar-refractivity contribution in [2.45, 2.75) is 87.9 Å². The second kappa shape index (κ2) is 8.70. The molecule has 39 heavy (non-hydrogen) atoms. The topological polar surface area (TPSA) is 29.0 Å². The molecule has 0 radical (unpaired) electrons. The second-order valence-corrected chi connectivity index (χ2v) is 14.5. The van der Waals surface area contributed by atoms with Crippen LogP contribution in [0.25, 0.3) is 0 Å². The van der Waals surface area contributed by atoms with Crippen LogP contribution in [0.2, 0.25) is 10.0 Å². The smallest absolute Gasteiger partial charge is 0.0836 e. The molecular formula is C34H35Cl2N3. The molecule has 0 N–H and O–H groups in total. The lowest BCUT2D eigenvalue weighted by Crippen LogP contribution is -2.25.